The summed E-state index contributed by atoms with van der Waals surface area (Å²) >= 11 is 0. The SMILES string of the molecule is C[C@@H](OC(=O)CNC(=O)c1cccc([N+](=O)[O-])c1)C(=O)NCc1ccccc1. The van der Waals surface area contributed by atoms with E-state index in [0.717, 1.165) is 11.6 Å². The summed E-state index contributed by atoms with van der Waals surface area (Å²) in [6.07, 6.45) is -1.04. The van der Waals surface area contributed by atoms with Gasteiger partial charge in [0.25, 0.3) is 17.5 Å². The summed E-state index contributed by atoms with van der Waals surface area (Å²) in [6, 6.07) is 14.3. The first-order valence-corrected chi connectivity index (χ1v) is 8.40. The molecule has 0 saturated carbocycles. The Morgan fingerprint density at radius 3 is 2.46 bits per heavy atom. The molecule has 0 bridgehead atoms. The summed E-state index contributed by atoms with van der Waals surface area (Å²) in [6.45, 7) is 1.24. The predicted octanol–water partition coefficient (Wildman–Crippen LogP) is 1.57. The summed E-state index contributed by atoms with van der Waals surface area (Å²) < 4.78 is 4.97. The van der Waals surface area contributed by atoms with Crippen LogP contribution < -0.4 is 10.6 Å². The van der Waals surface area contributed by atoms with Crippen LogP contribution in [-0.4, -0.2) is 35.4 Å². The number of nitro benzene ring substituents is 1. The second-order valence-corrected chi connectivity index (χ2v) is 5.83. The van der Waals surface area contributed by atoms with Gasteiger partial charge in [-0.15, -0.1) is 0 Å². The molecule has 9 nitrogen and oxygen atoms in total. The van der Waals surface area contributed by atoms with E-state index in [-0.39, 0.29) is 11.3 Å². The number of nitro groups is 1. The van der Waals surface area contributed by atoms with E-state index in [9.17, 15) is 24.5 Å². The Kier molecular flexibility index (Phi) is 7.21. The van der Waals surface area contributed by atoms with Crippen molar-refractivity contribution in [3.8, 4) is 0 Å². The molecular formula is C19H19N3O6. The van der Waals surface area contributed by atoms with Crippen molar-refractivity contribution in [1.82, 2.24) is 10.6 Å². The molecule has 2 amide bonds. The zero-order chi connectivity index (χ0) is 20.5. The van der Waals surface area contributed by atoms with Gasteiger partial charge >= 0.3 is 5.97 Å². The van der Waals surface area contributed by atoms with Gasteiger partial charge < -0.3 is 15.4 Å². The zero-order valence-corrected chi connectivity index (χ0v) is 15.1. The van der Waals surface area contributed by atoms with Gasteiger partial charge in [0.05, 0.1) is 4.92 Å². The highest BCUT2D eigenvalue weighted by molar-refractivity contribution is 5.96. The third-order valence-electron chi connectivity index (χ3n) is 3.70. The molecule has 2 aromatic carbocycles. The zero-order valence-electron chi connectivity index (χ0n) is 15.1. The second-order valence-electron chi connectivity index (χ2n) is 5.83. The average molecular weight is 385 g/mol. The van der Waals surface area contributed by atoms with Gasteiger partial charge in [-0.2, -0.15) is 0 Å². The Bertz CT molecular complexity index is 869. The molecule has 0 saturated heterocycles. The Labute approximate surface area is 160 Å². The number of hydrogen-bond donors (Lipinski definition) is 2. The van der Waals surface area contributed by atoms with Crippen LogP contribution in [0.5, 0.6) is 0 Å². The lowest BCUT2D eigenvalue weighted by molar-refractivity contribution is -0.384. The molecule has 0 spiro atoms. The van der Waals surface area contributed by atoms with Crippen molar-refractivity contribution in [3.63, 3.8) is 0 Å². The third-order valence-corrected chi connectivity index (χ3v) is 3.70. The number of nitrogens with one attached hydrogen (secondary N) is 2. The maximum Gasteiger partial charge on any atom is 0.326 e. The van der Waals surface area contributed by atoms with E-state index >= 15 is 0 Å². The first-order valence-electron chi connectivity index (χ1n) is 8.40. The van der Waals surface area contributed by atoms with Gasteiger partial charge in [0.1, 0.15) is 6.54 Å². The van der Waals surface area contributed by atoms with E-state index in [4.69, 9.17) is 4.74 Å². The number of nitrogens with zero attached hydrogens (tertiary/aromatic N) is 1. The molecule has 28 heavy (non-hydrogen) atoms. The van der Waals surface area contributed by atoms with Gasteiger partial charge in [-0.25, -0.2) is 0 Å². The van der Waals surface area contributed by atoms with E-state index < -0.39 is 35.4 Å². The van der Waals surface area contributed by atoms with Crippen molar-refractivity contribution in [2.24, 2.45) is 0 Å². The molecule has 146 valence electrons. The van der Waals surface area contributed by atoms with Crippen molar-refractivity contribution in [2.45, 2.75) is 19.6 Å². The van der Waals surface area contributed by atoms with Crippen LogP contribution in [0.1, 0.15) is 22.8 Å². The molecule has 0 aliphatic rings. The minimum absolute atomic E-state index is 0.0376. The van der Waals surface area contributed by atoms with Gasteiger partial charge in [-0.05, 0) is 18.6 Å². The molecule has 2 rings (SSSR count). The van der Waals surface area contributed by atoms with E-state index in [0.29, 0.717) is 6.54 Å². The Morgan fingerprint density at radius 1 is 1.07 bits per heavy atom. The molecule has 0 aliphatic heterocycles. The minimum atomic E-state index is -1.04. The van der Waals surface area contributed by atoms with Crippen LogP contribution in [0.2, 0.25) is 0 Å². The maximum absolute atomic E-state index is 12.0. The number of esters is 1. The standard InChI is InChI=1S/C19H19N3O6/c1-13(18(24)20-11-14-6-3-2-4-7-14)28-17(23)12-21-19(25)15-8-5-9-16(10-15)22(26)27/h2-10,13H,11-12H2,1H3,(H,20,24)(H,21,25)/t13-/m1/s1. The largest absolute Gasteiger partial charge is 0.451 e. The highest BCUT2D eigenvalue weighted by Crippen LogP contribution is 2.12. The third kappa shape index (κ3) is 6.20. The molecule has 0 heterocycles. The van der Waals surface area contributed by atoms with Crippen molar-refractivity contribution in [2.75, 3.05) is 6.54 Å². The fourth-order valence-corrected chi connectivity index (χ4v) is 2.24. The van der Waals surface area contributed by atoms with Gasteiger partial charge in [0, 0.05) is 24.2 Å². The second kappa shape index (κ2) is 9.81. The van der Waals surface area contributed by atoms with E-state index in [1.807, 2.05) is 30.3 Å². The van der Waals surface area contributed by atoms with Crippen LogP contribution in [0.3, 0.4) is 0 Å². The Hall–Kier alpha value is -3.75. The van der Waals surface area contributed by atoms with Gasteiger partial charge in [0.15, 0.2) is 6.10 Å². The number of carbonyl (C=O) groups is 3. The monoisotopic (exact) mass is 385 g/mol. The van der Waals surface area contributed by atoms with Gasteiger partial charge in [-0.1, -0.05) is 36.4 Å². The average Bonchev–Trinajstić information content (AvgIpc) is 2.70. The lowest BCUT2D eigenvalue weighted by atomic mass is 10.2. The smallest absolute Gasteiger partial charge is 0.326 e. The molecule has 0 aliphatic carbocycles. The van der Waals surface area contributed by atoms with Crippen LogP contribution in [0.15, 0.2) is 54.6 Å². The lowest BCUT2D eigenvalue weighted by Gasteiger charge is -2.14. The fraction of sp³-hybridized carbons (Fsp3) is 0.211. The van der Waals surface area contributed by atoms with Crippen molar-refractivity contribution in [3.05, 3.63) is 75.8 Å². The van der Waals surface area contributed by atoms with Gasteiger partial charge in [0.2, 0.25) is 0 Å². The number of hydrogen-bond acceptors (Lipinski definition) is 6. The highest BCUT2D eigenvalue weighted by Gasteiger charge is 2.18. The van der Waals surface area contributed by atoms with E-state index in [2.05, 4.69) is 10.6 Å². The quantitative estimate of drug-likeness (QED) is 0.403. The summed E-state index contributed by atoms with van der Waals surface area (Å²) in [5.74, 6) is -1.94. The number of amides is 2. The van der Waals surface area contributed by atoms with Crippen LogP contribution in [0.4, 0.5) is 5.69 Å². The number of rotatable bonds is 8. The number of carbonyl (C=O) groups excluding carboxylic acids is 3. The summed E-state index contributed by atoms with van der Waals surface area (Å²) in [7, 11) is 0. The Morgan fingerprint density at radius 2 is 1.79 bits per heavy atom. The van der Waals surface area contributed by atoms with Crippen LogP contribution in [0.25, 0.3) is 0 Å². The fourth-order valence-electron chi connectivity index (χ4n) is 2.24. The molecule has 9 heteroatoms. The van der Waals surface area contributed by atoms with Crippen molar-refractivity contribution in [1.29, 1.82) is 0 Å². The van der Waals surface area contributed by atoms with Crippen molar-refractivity contribution >= 4 is 23.5 Å². The molecule has 0 fully saturated rings. The van der Waals surface area contributed by atoms with E-state index in [1.54, 1.807) is 0 Å². The first kappa shape index (κ1) is 20.6. The maximum atomic E-state index is 12.0. The molecule has 2 aromatic rings. The summed E-state index contributed by atoms with van der Waals surface area (Å²) in [4.78, 5) is 45.9. The topological polar surface area (TPSA) is 128 Å². The predicted molar refractivity (Wildman–Crippen MR) is 99.3 cm³/mol. The number of benzene rings is 2. The molecule has 2 N–H and O–H groups in total. The van der Waals surface area contributed by atoms with Crippen LogP contribution >= 0.6 is 0 Å². The summed E-state index contributed by atoms with van der Waals surface area (Å²) in [5.41, 5.74) is 0.702. The van der Waals surface area contributed by atoms with E-state index in [1.165, 1.54) is 25.1 Å². The minimum Gasteiger partial charge on any atom is -0.451 e. The lowest BCUT2D eigenvalue weighted by Crippen LogP contribution is -2.38. The molecule has 0 unspecified atom stereocenters. The number of non-ortho nitro benzene ring substituents is 1. The molecule has 0 radical (unpaired) electrons. The highest BCUT2D eigenvalue weighted by atomic mass is 16.6. The van der Waals surface area contributed by atoms with Crippen LogP contribution in [0, 0.1) is 10.1 Å². The van der Waals surface area contributed by atoms with Gasteiger partial charge in [-0.3, -0.25) is 24.5 Å². The molecule has 0 aromatic heterocycles. The first-order chi connectivity index (χ1) is 13.4. The number of ether oxygens (including phenoxy) is 1. The Balaban J connectivity index is 1.78. The summed E-state index contributed by atoms with van der Waals surface area (Å²) in [5, 5.41) is 15.7. The molecular weight excluding hydrogens is 366 g/mol. The molecule has 1 atom stereocenters. The van der Waals surface area contributed by atoms with Crippen molar-refractivity contribution < 1.29 is 24.0 Å². The van der Waals surface area contributed by atoms with Crippen LogP contribution in [-0.2, 0) is 20.9 Å². The normalized spacial score (nSPS) is 11.2.